The molecule has 0 aliphatic heterocycles. The average Bonchev–Trinajstić information content (AvgIpc) is 2.54. The number of hydrogen-bond donors (Lipinski definition) is 1. The molecule has 0 bridgehead atoms. The molecule has 2 N–H and O–H groups in total. The first-order valence-corrected chi connectivity index (χ1v) is 8.99. The van der Waals surface area contributed by atoms with Gasteiger partial charge in [0, 0.05) is 17.2 Å². The van der Waals surface area contributed by atoms with E-state index in [4.69, 9.17) is 17.3 Å². The van der Waals surface area contributed by atoms with Crippen LogP contribution in [0.4, 0.5) is 0 Å². The van der Waals surface area contributed by atoms with Crippen LogP contribution in [0.2, 0.25) is 5.02 Å². The summed E-state index contributed by atoms with van der Waals surface area (Å²) >= 11 is 6.84. The first-order valence-electron chi connectivity index (χ1n) is 8.62. The third kappa shape index (κ3) is 3.66. The molecular formula is C21H29ClN2. The van der Waals surface area contributed by atoms with Gasteiger partial charge in [0.05, 0.1) is 11.2 Å². The molecule has 24 heavy (non-hydrogen) atoms. The van der Waals surface area contributed by atoms with Gasteiger partial charge in [-0.3, -0.25) is 4.90 Å². The van der Waals surface area contributed by atoms with Gasteiger partial charge in [-0.2, -0.15) is 0 Å². The molecule has 0 amide bonds. The summed E-state index contributed by atoms with van der Waals surface area (Å²) in [6.07, 6.45) is 0.843. The summed E-state index contributed by atoms with van der Waals surface area (Å²) in [5, 5.41) is 0.768. The Labute approximate surface area is 151 Å². The minimum absolute atomic E-state index is 0.210. The van der Waals surface area contributed by atoms with Crippen molar-refractivity contribution >= 4 is 11.6 Å². The van der Waals surface area contributed by atoms with Gasteiger partial charge in [0.25, 0.3) is 0 Å². The Morgan fingerprint density at radius 1 is 1.04 bits per heavy atom. The molecule has 0 aromatic heterocycles. The van der Waals surface area contributed by atoms with E-state index in [2.05, 4.69) is 76.9 Å². The number of halogens is 1. The van der Waals surface area contributed by atoms with Gasteiger partial charge < -0.3 is 5.73 Å². The smallest absolute Gasteiger partial charge is 0.0852 e. The molecule has 3 heteroatoms. The van der Waals surface area contributed by atoms with E-state index >= 15 is 0 Å². The van der Waals surface area contributed by atoms with E-state index in [0.717, 1.165) is 28.1 Å². The van der Waals surface area contributed by atoms with Crippen molar-refractivity contribution < 1.29 is 0 Å². The fourth-order valence-corrected chi connectivity index (χ4v) is 3.57. The van der Waals surface area contributed by atoms with Crippen LogP contribution in [0.1, 0.15) is 48.7 Å². The molecule has 0 radical (unpaired) electrons. The lowest BCUT2D eigenvalue weighted by Gasteiger charge is -2.32. The SMILES string of the molecule is CCC(C)N(C)C(N)c1c(C)ccc(-c2ccc(C)cc2C)c1Cl. The average molecular weight is 345 g/mol. The lowest BCUT2D eigenvalue weighted by molar-refractivity contribution is 0.184. The normalized spacial score (nSPS) is 14.0. The van der Waals surface area contributed by atoms with E-state index in [1.54, 1.807) is 0 Å². The second-order valence-corrected chi connectivity index (χ2v) is 7.22. The summed E-state index contributed by atoms with van der Waals surface area (Å²) in [7, 11) is 2.07. The fourth-order valence-electron chi connectivity index (χ4n) is 3.14. The summed E-state index contributed by atoms with van der Waals surface area (Å²) < 4.78 is 0. The van der Waals surface area contributed by atoms with Crippen molar-refractivity contribution in [1.82, 2.24) is 4.90 Å². The Balaban J connectivity index is 2.55. The summed E-state index contributed by atoms with van der Waals surface area (Å²) in [4.78, 5) is 2.19. The second kappa shape index (κ2) is 7.69. The monoisotopic (exact) mass is 344 g/mol. The molecule has 2 aromatic rings. The number of nitrogens with zero attached hydrogens (tertiary/aromatic N) is 1. The van der Waals surface area contributed by atoms with Gasteiger partial charge in [-0.25, -0.2) is 0 Å². The highest BCUT2D eigenvalue weighted by atomic mass is 35.5. The maximum atomic E-state index is 6.84. The van der Waals surface area contributed by atoms with Crippen LogP contribution in [0.5, 0.6) is 0 Å². The van der Waals surface area contributed by atoms with Crippen LogP contribution in [0.25, 0.3) is 11.1 Å². The molecule has 0 heterocycles. The Morgan fingerprint density at radius 2 is 1.67 bits per heavy atom. The van der Waals surface area contributed by atoms with Crippen LogP contribution in [0, 0.1) is 20.8 Å². The summed E-state index contributed by atoms with van der Waals surface area (Å²) in [6, 6.07) is 11.1. The van der Waals surface area contributed by atoms with E-state index in [0.29, 0.717) is 6.04 Å². The molecule has 0 aliphatic carbocycles. The van der Waals surface area contributed by atoms with Crippen LogP contribution < -0.4 is 5.73 Å². The summed E-state index contributed by atoms with van der Waals surface area (Å²) in [5.41, 5.74) is 13.4. The molecule has 0 aliphatic rings. The molecule has 0 saturated heterocycles. The van der Waals surface area contributed by atoms with Crippen LogP contribution in [-0.2, 0) is 0 Å². The molecule has 2 nitrogen and oxygen atoms in total. The van der Waals surface area contributed by atoms with Gasteiger partial charge in [-0.1, -0.05) is 54.4 Å². The zero-order chi connectivity index (χ0) is 18.0. The van der Waals surface area contributed by atoms with Gasteiger partial charge in [0.1, 0.15) is 0 Å². The Morgan fingerprint density at radius 3 is 2.25 bits per heavy atom. The third-order valence-electron chi connectivity index (χ3n) is 5.09. The first kappa shape index (κ1) is 19.0. The highest BCUT2D eigenvalue weighted by Crippen LogP contribution is 2.37. The lowest BCUT2D eigenvalue weighted by Crippen LogP contribution is -2.38. The van der Waals surface area contributed by atoms with E-state index < -0.39 is 0 Å². The van der Waals surface area contributed by atoms with Gasteiger partial charge in [0.15, 0.2) is 0 Å². The van der Waals surface area contributed by atoms with Crippen molar-refractivity contribution in [1.29, 1.82) is 0 Å². The molecular weight excluding hydrogens is 316 g/mol. The number of nitrogens with two attached hydrogens (primary N) is 1. The lowest BCUT2D eigenvalue weighted by atomic mass is 9.94. The predicted octanol–water partition coefficient (Wildman–Crippen LogP) is 5.62. The van der Waals surface area contributed by atoms with Gasteiger partial charge in [0.2, 0.25) is 0 Å². The summed E-state index contributed by atoms with van der Waals surface area (Å²) in [6.45, 7) is 10.7. The Bertz CT molecular complexity index is 724. The molecule has 0 spiro atoms. The quantitative estimate of drug-likeness (QED) is 0.713. The molecule has 2 aromatic carbocycles. The summed E-state index contributed by atoms with van der Waals surface area (Å²) in [5.74, 6) is 0. The number of hydrogen-bond acceptors (Lipinski definition) is 2. The molecule has 130 valence electrons. The second-order valence-electron chi connectivity index (χ2n) is 6.84. The highest BCUT2D eigenvalue weighted by molar-refractivity contribution is 6.34. The zero-order valence-electron chi connectivity index (χ0n) is 15.7. The van der Waals surface area contributed by atoms with Crippen molar-refractivity contribution in [2.75, 3.05) is 7.05 Å². The highest BCUT2D eigenvalue weighted by Gasteiger charge is 2.23. The Hall–Kier alpha value is -1.35. The van der Waals surface area contributed by atoms with E-state index in [1.807, 2.05) is 0 Å². The Kier molecular flexibility index (Phi) is 6.08. The minimum Gasteiger partial charge on any atom is -0.312 e. The van der Waals surface area contributed by atoms with Crippen LogP contribution in [-0.4, -0.2) is 18.0 Å². The molecule has 2 atom stereocenters. The van der Waals surface area contributed by atoms with Crippen molar-refractivity contribution in [3.8, 4) is 11.1 Å². The number of rotatable bonds is 5. The van der Waals surface area contributed by atoms with E-state index in [9.17, 15) is 0 Å². The van der Waals surface area contributed by atoms with Gasteiger partial charge in [-0.15, -0.1) is 0 Å². The number of benzene rings is 2. The standard InChI is InChI=1S/C21H29ClN2/c1-7-16(5)24(6)21(23)19-14(3)9-11-18(20(19)22)17-10-8-13(2)12-15(17)4/h8-12,16,21H,7,23H2,1-6H3. The van der Waals surface area contributed by atoms with E-state index in [-0.39, 0.29) is 6.17 Å². The van der Waals surface area contributed by atoms with Crippen LogP contribution in [0.3, 0.4) is 0 Å². The fraction of sp³-hybridized carbons (Fsp3) is 0.429. The van der Waals surface area contributed by atoms with Crippen molar-refractivity contribution in [3.05, 3.63) is 57.6 Å². The minimum atomic E-state index is -0.210. The van der Waals surface area contributed by atoms with Crippen molar-refractivity contribution in [3.63, 3.8) is 0 Å². The molecule has 2 unspecified atom stereocenters. The van der Waals surface area contributed by atoms with E-state index in [1.165, 1.54) is 16.7 Å². The topological polar surface area (TPSA) is 29.3 Å². The van der Waals surface area contributed by atoms with Crippen LogP contribution in [0.15, 0.2) is 30.3 Å². The number of aryl methyl sites for hydroxylation is 3. The molecule has 0 saturated carbocycles. The molecule has 0 fully saturated rings. The van der Waals surface area contributed by atoms with Gasteiger partial charge >= 0.3 is 0 Å². The van der Waals surface area contributed by atoms with Crippen LogP contribution >= 0.6 is 11.6 Å². The zero-order valence-corrected chi connectivity index (χ0v) is 16.4. The molecule has 2 rings (SSSR count). The third-order valence-corrected chi connectivity index (χ3v) is 5.50. The largest absolute Gasteiger partial charge is 0.312 e. The van der Waals surface area contributed by atoms with Crippen molar-refractivity contribution in [2.24, 2.45) is 5.73 Å². The maximum Gasteiger partial charge on any atom is 0.0852 e. The van der Waals surface area contributed by atoms with Gasteiger partial charge in [-0.05, 0) is 57.9 Å². The first-order chi connectivity index (χ1) is 11.3. The van der Waals surface area contributed by atoms with Crippen molar-refractivity contribution in [2.45, 2.75) is 53.2 Å². The predicted molar refractivity (Wildman–Crippen MR) is 106 cm³/mol. The maximum absolute atomic E-state index is 6.84.